The number of nitro groups is 1. The number of carbonyl (C=O) groups excluding carboxylic acids is 1. The van der Waals surface area contributed by atoms with Crippen LogP contribution in [0.1, 0.15) is 32.1 Å². The van der Waals surface area contributed by atoms with Crippen molar-refractivity contribution < 1.29 is 18.7 Å². The van der Waals surface area contributed by atoms with E-state index in [0.717, 1.165) is 32.1 Å². The maximum Gasteiger partial charge on any atom is 0.319 e. The van der Waals surface area contributed by atoms with Crippen molar-refractivity contribution in [1.29, 1.82) is 0 Å². The number of hydrogen-bond acceptors (Lipinski definition) is 5. The molecule has 0 bridgehead atoms. The Hall–Kier alpha value is -1.76. The Kier molecular flexibility index (Phi) is 5.44. The van der Waals surface area contributed by atoms with Gasteiger partial charge in [0.15, 0.2) is 0 Å². The first-order valence-corrected chi connectivity index (χ1v) is 8.21. The zero-order valence-electron chi connectivity index (χ0n) is 11.5. The molecule has 114 valence electrons. The van der Waals surface area contributed by atoms with Crippen LogP contribution in [0, 0.1) is 10.1 Å². The average Bonchev–Trinajstić information content (AvgIpc) is 2.48. The van der Waals surface area contributed by atoms with E-state index in [-0.39, 0.29) is 22.4 Å². The summed E-state index contributed by atoms with van der Waals surface area (Å²) in [7, 11) is -1.77. The molecule has 0 N–H and O–H groups in total. The topological polar surface area (TPSA) is 86.5 Å². The highest BCUT2D eigenvalue weighted by molar-refractivity contribution is 7.85. The third-order valence-corrected chi connectivity index (χ3v) is 4.74. The molecule has 1 aromatic rings. The van der Waals surface area contributed by atoms with Crippen molar-refractivity contribution >= 4 is 22.5 Å². The number of ether oxygens (including phenoxy) is 1. The van der Waals surface area contributed by atoms with Gasteiger partial charge in [0.1, 0.15) is 16.8 Å². The fraction of sp³-hybridized carbons (Fsp3) is 0.500. The summed E-state index contributed by atoms with van der Waals surface area (Å²) in [6, 6.07) is 5.74. The smallest absolute Gasteiger partial charge is 0.319 e. The van der Waals surface area contributed by atoms with E-state index in [0.29, 0.717) is 0 Å². The van der Waals surface area contributed by atoms with Gasteiger partial charge in [-0.05, 0) is 31.7 Å². The van der Waals surface area contributed by atoms with E-state index >= 15 is 0 Å². The largest absolute Gasteiger partial charge is 0.462 e. The Balaban J connectivity index is 1.97. The molecule has 1 aliphatic carbocycles. The van der Waals surface area contributed by atoms with E-state index in [9.17, 15) is 19.1 Å². The summed E-state index contributed by atoms with van der Waals surface area (Å²) in [6.07, 6.45) is 4.79. The van der Waals surface area contributed by atoms with Crippen molar-refractivity contribution in [2.75, 3.05) is 5.75 Å². The summed E-state index contributed by atoms with van der Waals surface area (Å²) >= 11 is 0. The molecule has 1 aliphatic rings. The molecule has 0 aliphatic heterocycles. The number of esters is 1. The number of benzene rings is 1. The fourth-order valence-corrected chi connectivity index (χ4v) is 3.43. The minimum Gasteiger partial charge on any atom is -0.462 e. The van der Waals surface area contributed by atoms with Gasteiger partial charge in [0.2, 0.25) is 0 Å². The molecule has 0 heterocycles. The predicted octanol–water partition coefficient (Wildman–Crippen LogP) is 2.58. The lowest BCUT2D eigenvalue weighted by molar-refractivity contribution is -0.387. The van der Waals surface area contributed by atoms with E-state index in [4.69, 9.17) is 4.74 Å². The lowest BCUT2D eigenvalue weighted by atomic mass is 9.98. The Morgan fingerprint density at radius 2 is 1.95 bits per heavy atom. The molecule has 7 heteroatoms. The molecule has 2 rings (SSSR count). The zero-order valence-corrected chi connectivity index (χ0v) is 12.3. The number of nitrogens with zero attached hydrogens (tertiary/aromatic N) is 1. The third kappa shape index (κ3) is 4.35. The van der Waals surface area contributed by atoms with E-state index in [1.165, 1.54) is 18.2 Å². The molecule has 1 saturated carbocycles. The molecule has 0 amide bonds. The molecular formula is C14H17NO5S. The molecule has 21 heavy (non-hydrogen) atoms. The predicted molar refractivity (Wildman–Crippen MR) is 77.3 cm³/mol. The van der Waals surface area contributed by atoms with Gasteiger partial charge in [-0.1, -0.05) is 18.6 Å². The van der Waals surface area contributed by atoms with E-state index in [1.807, 2.05) is 0 Å². The SMILES string of the molecule is O=C(CS(=O)c1ccccc1[N+](=O)[O-])OC1CCCCC1. The van der Waals surface area contributed by atoms with Crippen molar-refractivity contribution in [2.45, 2.75) is 43.1 Å². The molecule has 0 saturated heterocycles. The summed E-state index contributed by atoms with van der Waals surface area (Å²) in [5, 5.41) is 10.9. The van der Waals surface area contributed by atoms with Gasteiger partial charge in [-0.2, -0.15) is 0 Å². The second-order valence-corrected chi connectivity index (χ2v) is 6.38. The van der Waals surface area contributed by atoms with Crippen LogP contribution in [-0.2, 0) is 20.3 Å². The molecule has 6 nitrogen and oxygen atoms in total. The number of carbonyl (C=O) groups is 1. The van der Waals surface area contributed by atoms with Crippen LogP contribution in [-0.4, -0.2) is 27.0 Å². The molecule has 0 radical (unpaired) electrons. The van der Waals surface area contributed by atoms with Gasteiger partial charge in [0.05, 0.1) is 15.7 Å². The minimum atomic E-state index is -1.77. The Morgan fingerprint density at radius 3 is 2.62 bits per heavy atom. The maximum absolute atomic E-state index is 12.1. The Morgan fingerprint density at radius 1 is 1.29 bits per heavy atom. The third-order valence-electron chi connectivity index (χ3n) is 3.41. The molecule has 1 unspecified atom stereocenters. The Labute approximate surface area is 125 Å². The average molecular weight is 311 g/mol. The van der Waals surface area contributed by atoms with Crippen LogP contribution < -0.4 is 0 Å². The summed E-state index contributed by atoms with van der Waals surface area (Å²) in [5.41, 5.74) is -0.235. The van der Waals surface area contributed by atoms with Gasteiger partial charge in [-0.15, -0.1) is 0 Å². The Bertz CT molecular complexity index is 554. The molecule has 1 atom stereocenters. The zero-order chi connectivity index (χ0) is 15.2. The number of hydrogen-bond donors (Lipinski definition) is 0. The molecule has 1 aromatic carbocycles. The lowest BCUT2D eigenvalue weighted by Gasteiger charge is -2.21. The van der Waals surface area contributed by atoms with Gasteiger partial charge in [0.25, 0.3) is 5.69 Å². The fourth-order valence-electron chi connectivity index (χ4n) is 2.39. The van der Waals surface area contributed by atoms with E-state index in [1.54, 1.807) is 6.07 Å². The number of nitro benzene ring substituents is 1. The van der Waals surface area contributed by atoms with E-state index in [2.05, 4.69) is 0 Å². The van der Waals surface area contributed by atoms with Crippen LogP contribution in [0.2, 0.25) is 0 Å². The first-order chi connectivity index (χ1) is 10.1. The quantitative estimate of drug-likeness (QED) is 0.474. The highest BCUT2D eigenvalue weighted by atomic mass is 32.2. The number of rotatable bonds is 5. The van der Waals surface area contributed by atoms with Crippen molar-refractivity contribution in [3.8, 4) is 0 Å². The first kappa shape index (κ1) is 15.6. The van der Waals surface area contributed by atoms with E-state index < -0.39 is 21.7 Å². The minimum absolute atomic E-state index is 0.0584. The van der Waals surface area contributed by atoms with Gasteiger partial charge < -0.3 is 4.74 Å². The van der Waals surface area contributed by atoms with Crippen molar-refractivity contribution in [3.63, 3.8) is 0 Å². The monoisotopic (exact) mass is 311 g/mol. The van der Waals surface area contributed by atoms with Crippen LogP contribution in [0.15, 0.2) is 29.2 Å². The van der Waals surface area contributed by atoms with Crippen molar-refractivity contribution in [2.24, 2.45) is 0 Å². The van der Waals surface area contributed by atoms with Crippen LogP contribution >= 0.6 is 0 Å². The van der Waals surface area contributed by atoms with Crippen LogP contribution in [0.25, 0.3) is 0 Å². The molecule has 0 spiro atoms. The highest BCUT2D eigenvalue weighted by Crippen LogP contribution is 2.23. The van der Waals surface area contributed by atoms with Gasteiger partial charge in [-0.25, -0.2) is 0 Å². The normalized spacial score (nSPS) is 17.1. The van der Waals surface area contributed by atoms with Crippen LogP contribution in [0.5, 0.6) is 0 Å². The summed E-state index contributed by atoms with van der Waals surface area (Å²) in [5.74, 6) is -0.903. The molecule has 0 aromatic heterocycles. The lowest BCUT2D eigenvalue weighted by Crippen LogP contribution is -2.24. The summed E-state index contributed by atoms with van der Waals surface area (Å²) < 4.78 is 17.4. The van der Waals surface area contributed by atoms with Crippen molar-refractivity contribution in [3.05, 3.63) is 34.4 Å². The van der Waals surface area contributed by atoms with Crippen LogP contribution in [0.4, 0.5) is 5.69 Å². The van der Waals surface area contributed by atoms with Gasteiger partial charge in [-0.3, -0.25) is 19.1 Å². The second kappa shape index (κ2) is 7.31. The first-order valence-electron chi connectivity index (χ1n) is 6.89. The molecular weight excluding hydrogens is 294 g/mol. The maximum atomic E-state index is 12.1. The van der Waals surface area contributed by atoms with Crippen LogP contribution in [0.3, 0.4) is 0 Å². The molecule has 1 fully saturated rings. The summed E-state index contributed by atoms with van der Waals surface area (Å²) in [6.45, 7) is 0. The number of para-hydroxylation sites is 1. The van der Waals surface area contributed by atoms with Gasteiger partial charge in [0, 0.05) is 6.07 Å². The standard InChI is InChI=1S/C14H17NO5S/c16-14(20-11-6-2-1-3-7-11)10-21(19)13-9-5-4-8-12(13)15(17)18/h4-5,8-9,11H,1-3,6-7,10H2. The van der Waals surface area contributed by atoms with Gasteiger partial charge >= 0.3 is 5.97 Å². The summed E-state index contributed by atoms with van der Waals surface area (Å²) in [4.78, 5) is 22.1. The van der Waals surface area contributed by atoms with Crippen molar-refractivity contribution in [1.82, 2.24) is 0 Å². The highest BCUT2D eigenvalue weighted by Gasteiger charge is 2.23. The second-order valence-electron chi connectivity index (χ2n) is 4.96.